The second-order valence-corrected chi connectivity index (χ2v) is 7.35. The fourth-order valence-electron chi connectivity index (χ4n) is 3.02. The molecule has 4 aromatic rings. The molecule has 1 amide bonds. The number of nitrogens with zero attached hydrogens (tertiary/aromatic N) is 2. The van der Waals surface area contributed by atoms with Gasteiger partial charge < -0.3 is 14.8 Å². The molecule has 0 bridgehead atoms. The van der Waals surface area contributed by atoms with Gasteiger partial charge in [-0.15, -0.1) is 0 Å². The quantitative estimate of drug-likeness (QED) is 0.405. The van der Waals surface area contributed by atoms with Crippen molar-refractivity contribution in [2.45, 2.75) is 6.54 Å². The fourth-order valence-corrected chi connectivity index (χ4v) is 3.14. The number of aromatic nitrogens is 2. The van der Waals surface area contributed by atoms with E-state index in [2.05, 4.69) is 15.3 Å². The molecular weight excluding hydrogens is 426 g/mol. The van der Waals surface area contributed by atoms with Crippen LogP contribution in [0, 0.1) is 0 Å². The number of hydrogen-bond donors (Lipinski definition) is 1. The maximum Gasteiger partial charge on any atom is 0.251 e. The largest absolute Gasteiger partial charge is 0.497 e. The van der Waals surface area contributed by atoms with Crippen molar-refractivity contribution in [2.24, 2.45) is 0 Å². The van der Waals surface area contributed by atoms with E-state index in [0.717, 1.165) is 11.1 Å². The summed E-state index contributed by atoms with van der Waals surface area (Å²) < 4.78 is 11.0. The number of hydrogen-bond acceptors (Lipinski definition) is 5. The molecule has 1 aromatic heterocycles. The number of ether oxygens (including phenoxy) is 2. The van der Waals surface area contributed by atoms with Crippen LogP contribution in [0.1, 0.15) is 15.9 Å². The van der Waals surface area contributed by atoms with Gasteiger partial charge in [-0.3, -0.25) is 4.79 Å². The van der Waals surface area contributed by atoms with E-state index in [1.165, 1.54) is 6.33 Å². The highest BCUT2D eigenvalue weighted by molar-refractivity contribution is 6.30. The van der Waals surface area contributed by atoms with E-state index in [1.54, 1.807) is 43.5 Å². The summed E-state index contributed by atoms with van der Waals surface area (Å²) in [5.41, 5.74) is 3.07. The maximum absolute atomic E-state index is 12.4. The van der Waals surface area contributed by atoms with E-state index in [1.807, 2.05) is 42.5 Å². The highest BCUT2D eigenvalue weighted by Gasteiger charge is 2.08. The molecule has 0 fully saturated rings. The standard InChI is InChI=1S/C25H20ClN3O3/c1-31-21-3-2-4-22(13-21)32-24-14-23(28-16-29-24)18-7-9-19(10-8-18)25(30)27-15-17-5-11-20(26)12-6-17/h2-14,16H,15H2,1H3,(H,27,30). The molecule has 0 aliphatic heterocycles. The van der Waals surface area contributed by atoms with E-state index < -0.39 is 0 Å². The Kier molecular flexibility index (Phi) is 6.63. The zero-order valence-corrected chi connectivity index (χ0v) is 18.0. The van der Waals surface area contributed by atoms with E-state index in [-0.39, 0.29) is 5.91 Å². The van der Waals surface area contributed by atoms with Gasteiger partial charge in [-0.05, 0) is 42.0 Å². The molecule has 0 saturated heterocycles. The number of amides is 1. The van der Waals surface area contributed by atoms with Gasteiger partial charge in [0.15, 0.2) is 0 Å². The topological polar surface area (TPSA) is 73.3 Å². The zero-order chi connectivity index (χ0) is 22.3. The Morgan fingerprint density at radius 3 is 2.44 bits per heavy atom. The van der Waals surface area contributed by atoms with Crippen LogP contribution in [0.2, 0.25) is 5.02 Å². The van der Waals surface area contributed by atoms with E-state index in [9.17, 15) is 4.79 Å². The Labute approximate surface area is 190 Å². The normalized spacial score (nSPS) is 10.4. The number of halogens is 1. The third-order valence-electron chi connectivity index (χ3n) is 4.71. The summed E-state index contributed by atoms with van der Waals surface area (Å²) in [6, 6.07) is 23.6. The van der Waals surface area contributed by atoms with Crippen LogP contribution >= 0.6 is 11.6 Å². The second-order valence-electron chi connectivity index (χ2n) is 6.91. The highest BCUT2D eigenvalue weighted by atomic mass is 35.5. The summed E-state index contributed by atoms with van der Waals surface area (Å²) >= 11 is 5.89. The average molecular weight is 446 g/mol. The molecule has 4 rings (SSSR count). The Bertz CT molecular complexity index is 1210. The summed E-state index contributed by atoms with van der Waals surface area (Å²) in [6.45, 7) is 0.425. The van der Waals surface area contributed by atoms with Crippen LogP contribution in [0.3, 0.4) is 0 Å². The molecule has 1 heterocycles. The number of benzene rings is 3. The van der Waals surface area contributed by atoms with Crippen molar-refractivity contribution in [3.63, 3.8) is 0 Å². The first-order valence-electron chi connectivity index (χ1n) is 9.88. The van der Waals surface area contributed by atoms with E-state index in [0.29, 0.717) is 40.2 Å². The molecule has 3 aromatic carbocycles. The number of nitrogens with one attached hydrogen (secondary N) is 1. The van der Waals surface area contributed by atoms with Crippen molar-refractivity contribution < 1.29 is 14.3 Å². The summed E-state index contributed by atoms with van der Waals surface area (Å²) in [5, 5.41) is 3.57. The molecule has 0 radical (unpaired) electrons. The van der Waals surface area contributed by atoms with Crippen molar-refractivity contribution >= 4 is 17.5 Å². The van der Waals surface area contributed by atoms with Gasteiger partial charge in [0.25, 0.3) is 5.91 Å². The van der Waals surface area contributed by atoms with Crippen LogP contribution in [0.25, 0.3) is 11.3 Å². The first-order valence-corrected chi connectivity index (χ1v) is 10.3. The van der Waals surface area contributed by atoms with Gasteiger partial charge in [0.1, 0.15) is 17.8 Å². The predicted octanol–water partition coefficient (Wildman–Crippen LogP) is 5.53. The second kappa shape index (κ2) is 9.94. The monoisotopic (exact) mass is 445 g/mol. The van der Waals surface area contributed by atoms with Crippen LogP contribution in [0.15, 0.2) is 85.2 Å². The SMILES string of the molecule is COc1cccc(Oc2cc(-c3ccc(C(=O)NCc4ccc(Cl)cc4)cc3)ncn2)c1. The fraction of sp³-hybridized carbons (Fsp3) is 0.0800. The van der Waals surface area contributed by atoms with Crippen molar-refractivity contribution in [3.05, 3.63) is 101 Å². The Balaban J connectivity index is 1.42. The summed E-state index contributed by atoms with van der Waals surface area (Å²) in [6.07, 6.45) is 1.44. The van der Waals surface area contributed by atoms with E-state index >= 15 is 0 Å². The molecule has 0 saturated carbocycles. The number of carbonyl (C=O) groups excluding carboxylic acids is 1. The van der Waals surface area contributed by atoms with Crippen LogP contribution in [-0.4, -0.2) is 23.0 Å². The van der Waals surface area contributed by atoms with E-state index in [4.69, 9.17) is 21.1 Å². The van der Waals surface area contributed by atoms with Crippen molar-refractivity contribution in [3.8, 4) is 28.6 Å². The summed E-state index contributed by atoms with van der Waals surface area (Å²) in [4.78, 5) is 20.9. The lowest BCUT2D eigenvalue weighted by molar-refractivity contribution is 0.0951. The maximum atomic E-state index is 12.4. The molecule has 1 N–H and O–H groups in total. The third kappa shape index (κ3) is 5.42. The summed E-state index contributed by atoms with van der Waals surface area (Å²) in [7, 11) is 1.60. The number of methoxy groups -OCH3 is 1. The van der Waals surface area contributed by atoms with Crippen molar-refractivity contribution in [2.75, 3.05) is 7.11 Å². The highest BCUT2D eigenvalue weighted by Crippen LogP contribution is 2.26. The van der Waals surface area contributed by atoms with Gasteiger partial charge in [-0.25, -0.2) is 9.97 Å². The van der Waals surface area contributed by atoms with Gasteiger partial charge in [0.2, 0.25) is 5.88 Å². The van der Waals surface area contributed by atoms with Gasteiger partial charge in [0, 0.05) is 34.8 Å². The minimum absolute atomic E-state index is 0.156. The zero-order valence-electron chi connectivity index (χ0n) is 17.3. The number of carbonyl (C=O) groups is 1. The van der Waals surface area contributed by atoms with Crippen LogP contribution in [-0.2, 0) is 6.54 Å². The molecule has 6 nitrogen and oxygen atoms in total. The Hall–Kier alpha value is -3.90. The van der Waals surface area contributed by atoms with Crippen LogP contribution < -0.4 is 14.8 Å². The Morgan fingerprint density at radius 2 is 1.69 bits per heavy atom. The van der Waals surface area contributed by atoms with Gasteiger partial charge in [-0.1, -0.05) is 41.9 Å². The molecular formula is C25H20ClN3O3. The van der Waals surface area contributed by atoms with Gasteiger partial charge in [0.05, 0.1) is 12.8 Å². The Morgan fingerprint density at radius 1 is 0.938 bits per heavy atom. The first-order chi connectivity index (χ1) is 15.6. The molecule has 0 aliphatic carbocycles. The van der Waals surface area contributed by atoms with Crippen molar-refractivity contribution in [1.29, 1.82) is 0 Å². The minimum atomic E-state index is -0.156. The minimum Gasteiger partial charge on any atom is -0.497 e. The lowest BCUT2D eigenvalue weighted by Crippen LogP contribution is -2.22. The molecule has 0 spiro atoms. The lowest BCUT2D eigenvalue weighted by atomic mass is 10.1. The molecule has 0 aliphatic rings. The van der Waals surface area contributed by atoms with Gasteiger partial charge in [-0.2, -0.15) is 0 Å². The molecule has 32 heavy (non-hydrogen) atoms. The molecule has 7 heteroatoms. The third-order valence-corrected chi connectivity index (χ3v) is 4.97. The summed E-state index contributed by atoms with van der Waals surface area (Å²) in [5.74, 6) is 1.56. The lowest BCUT2D eigenvalue weighted by Gasteiger charge is -2.08. The predicted molar refractivity (Wildman–Crippen MR) is 123 cm³/mol. The van der Waals surface area contributed by atoms with Crippen molar-refractivity contribution in [1.82, 2.24) is 15.3 Å². The molecule has 0 unspecified atom stereocenters. The number of rotatable bonds is 7. The molecule has 0 atom stereocenters. The molecule has 160 valence electrons. The van der Waals surface area contributed by atoms with Crippen LogP contribution in [0.4, 0.5) is 0 Å². The van der Waals surface area contributed by atoms with Crippen LogP contribution in [0.5, 0.6) is 17.4 Å². The van der Waals surface area contributed by atoms with Gasteiger partial charge >= 0.3 is 0 Å². The smallest absolute Gasteiger partial charge is 0.251 e. The first kappa shape index (κ1) is 21.3. The average Bonchev–Trinajstić information content (AvgIpc) is 2.84.